The lowest BCUT2D eigenvalue weighted by Gasteiger charge is -2.24. The van der Waals surface area contributed by atoms with Gasteiger partial charge in [-0.2, -0.15) is 4.31 Å². The summed E-state index contributed by atoms with van der Waals surface area (Å²) in [5.74, 6) is -2.20. The van der Waals surface area contributed by atoms with Gasteiger partial charge in [0.25, 0.3) is 10.0 Å². The maximum absolute atomic E-state index is 12.7. The summed E-state index contributed by atoms with van der Waals surface area (Å²) in [6, 6.07) is 1.17. The highest BCUT2D eigenvalue weighted by Crippen LogP contribution is 2.27. The van der Waals surface area contributed by atoms with Crippen LogP contribution in [-0.4, -0.2) is 62.1 Å². The van der Waals surface area contributed by atoms with Crippen molar-refractivity contribution in [2.45, 2.75) is 43.4 Å². The molecule has 0 aliphatic carbocycles. The highest BCUT2D eigenvalue weighted by molar-refractivity contribution is 7.89. The summed E-state index contributed by atoms with van der Waals surface area (Å²) in [5, 5.41) is 11.2. The molecule has 0 saturated carbocycles. The van der Waals surface area contributed by atoms with E-state index in [9.17, 15) is 18.0 Å². The third kappa shape index (κ3) is 4.39. The van der Waals surface area contributed by atoms with Crippen LogP contribution >= 0.6 is 0 Å². The van der Waals surface area contributed by atoms with E-state index in [-0.39, 0.29) is 18.5 Å². The second-order valence-corrected chi connectivity index (χ2v) is 7.71. The standard InChI is InChI=1S/C15H22N2O7S/c1-10(7-9-23-2)16-14(18)11-4-3-8-17(11)25(21,22)13-6-5-12(24-13)15(19)20/h5-6,10-11H,3-4,7-9H2,1-2H3,(H,16,18)(H,19,20). The molecular weight excluding hydrogens is 352 g/mol. The van der Waals surface area contributed by atoms with Gasteiger partial charge in [-0.05, 0) is 38.3 Å². The van der Waals surface area contributed by atoms with Gasteiger partial charge in [0.2, 0.25) is 16.8 Å². The number of carboxylic acids is 1. The summed E-state index contributed by atoms with van der Waals surface area (Å²) in [7, 11) is -2.52. The van der Waals surface area contributed by atoms with Gasteiger partial charge in [0.1, 0.15) is 6.04 Å². The zero-order valence-electron chi connectivity index (χ0n) is 14.1. The molecule has 1 aliphatic heterocycles. The van der Waals surface area contributed by atoms with Crippen LogP contribution in [0.1, 0.15) is 36.7 Å². The fraction of sp³-hybridized carbons (Fsp3) is 0.600. The number of amides is 1. The quantitative estimate of drug-likeness (QED) is 0.685. The summed E-state index contributed by atoms with van der Waals surface area (Å²) in [6.45, 7) is 2.48. The number of aromatic carboxylic acids is 1. The Bertz CT molecular complexity index is 728. The lowest BCUT2D eigenvalue weighted by atomic mass is 10.2. The first-order valence-corrected chi connectivity index (χ1v) is 9.35. The largest absolute Gasteiger partial charge is 0.475 e. The second-order valence-electron chi connectivity index (χ2n) is 5.89. The average Bonchev–Trinajstić information content (AvgIpc) is 3.21. The number of carbonyl (C=O) groups excluding carboxylic acids is 1. The Labute approximate surface area is 146 Å². The number of furan rings is 1. The van der Waals surface area contributed by atoms with E-state index in [4.69, 9.17) is 14.3 Å². The number of hydrogen-bond donors (Lipinski definition) is 2. The maximum Gasteiger partial charge on any atom is 0.371 e. The minimum atomic E-state index is -4.08. The molecule has 25 heavy (non-hydrogen) atoms. The van der Waals surface area contributed by atoms with Gasteiger partial charge in [0, 0.05) is 26.3 Å². The van der Waals surface area contributed by atoms with Crippen molar-refractivity contribution in [2.75, 3.05) is 20.3 Å². The van der Waals surface area contributed by atoms with Crippen molar-refractivity contribution in [3.8, 4) is 0 Å². The average molecular weight is 374 g/mol. The molecule has 1 aromatic heterocycles. The van der Waals surface area contributed by atoms with E-state index in [2.05, 4.69) is 5.32 Å². The normalized spacial score (nSPS) is 19.7. The smallest absolute Gasteiger partial charge is 0.371 e. The number of sulfonamides is 1. The predicted molar refractivity (Wildman–Crippen MR) is 86.7 cm³/mol. The molecule has 1 fully saturated rings. The fourth-order valence-electron chi connectivity index (χ4n) is 2.68. The van der Waals surface area contributed by atoms with Crippen LogP contribution in [0.2, 0.25) is 0 Å². The molecule has 1 amide bonds. The first-order valence-electron chi connectivity index (χ1n) is 7.91. The first-order chi connectivity index (χ1) is 11.8. The molecule has 2 N–H and O–H groups in total. The van der Waals surface area contributed by atoms with Crippen LogP contribution in [0.25, 0.3) is 0 Å². The molecule has 2 atom stereocenters. The molecule has 1 saturated heterocycles. The molecule has 0 bridgehead atoms. The number of nitrogens with one attached hydrogen (secondary N) is 1. The van der Waals surface area contributed by atoms with Gasteiger partial charge in [-0.15, -0.1) is 0 Å². The Morgan fingerprint density at radius 1 is 1.48 bits per heavy atom. The summed E-state index contributed by atoms with van der Waals surface area (Å²) in [4.78, 5) is 23.3. The number of hydrogen-bond acceptors (Lipinski definition) is 6. The number of rotatable bonds is 8. The molecule has 9 nitrogen and oxygen atoms in total. The van der Waals surface area contributed by atoms with Crippen molar-refractivity contribution in [1.82, 2.24) is 9.62 Å². The van der Waals surface area contributed by atoms with Crippen molar-refractivity contribution in [3.05, 3.63) is 17.9 Å². The Balaban J connectivity index is 2.13. The Hall–Kier alpha value is -1.91. The Morgan fingerprint density at radius 3 is 2.80 bits per heavy atom. The SMILES string of the molecule is COCCC(C)NC(=O)C1CCCN1S(=O)(=O)c1ccc(C(=O)O)o1. The van der Waals surface area contributed by atoms with Crippen molar-refractivity contribution < 1.29 is 32.3 Å². The van der Waals surface area contributed by atoms with E-state index in [0.29, 0.717) is 25.9 Å². The van der Waals surface area contributed by atoms with Crippen molar-refractivity contribution in [3.63, 3.8) is 0 Å². The van der Waals surface area contributed by atoms with Gasteiger partial charge < -0.3 is 19.6 Å². The number of methoxy groups -OCH3 is 1. The molecule has 2 rings (SSSR count). The van der Waals surface area contributed by atoms with Crippen molar-refractivity contribution in [2.24, 2.45) is 0 Å². The predicted octanol–water partition coefficient (Wildman–Crippen LogP) is 0.672. The van der Waals surface area contributed by atoms with E-state index in [1.165, 1.54) is 0 Å². The highest BCUT2D eigenvalue weighted by atomic mass is 32.2. The maximum atomic E-state index is 12.7. The number of ether oxygens (including phenoxy) is 1. The zero-order chi connectivity index (χ0) is 18.6. The number of nitrogens with zero attached hydrogens (tertiary/aromatic N) is 1. The molecule has 10 heteroatoms. The third-order valence-electron chi connectivity index (χ3n) is 4.01. The van der Waals surface area contributed by atoms with Gasteiger partial charge in [0.05, 0.1) is 0 Å². The molecule has 2 heterocycles. The lowest BCUT2D eigenvalue weighted by molar-refractivity contribution is -0.124. The summed E-state index contributed by atoms with van der Waals surface area (Å²) in [6.07, 6.45) is 1.55. The topological polar surface area (TPSA) is 126 Å². The van der Waals surface area contributed by atoms with Crippen LogP contribution < -0.4 is 5.32 Å². The summed E-state index contributed by atoms with van der Waals surface area (Å²) in [5.41, 5.74) is 0. The van der Waals surface area contributed by atoms with Gasteiger partial charge in [-0.3, -0.25) is 4.79 Å². The van der Waals surface area contributed by atoms with Crippen LogP contribution in [0, 0.1) is 0 Å². The van der Waals surface area contributed by atoms with Gasteiger partial charge in [0.15, 0.2) is 0 Å². The first kappa shape index (κ1) is 19.4. The van der Waals surface area contributed by atoms with Crippen molar-refractivity contribution in [1.29, 1.82) is 0 Å². The zero-order valence-corrected chi connectivity index (χ0v) is 14.9. The van der Waals surface area contributed by atoms with Crippen LogP contribution in [0.15, 0.2) is 21.6 Å². The number of carboxylic acid groups (broad SMARTS) is 1. The number of carbonyl (C=O) groups is 2. The second kappa shape index (κ2) is 7.98. The molecule has 0 spiro atoms. The van der Waals surface area contributed by atoms with E-state index in [1.807, 2.05) is 6.92 Å². The molecule has 0 aromatic carbocycles. The van der Waals surface area contributed by atoms with Gasteiger partial charge in [-0.1, -0.05) is 0 Å². The van der Waals surface area contributed by atoms with Crippen molar-refractivity contribution >= 4 is 21.9 Å². The van der Waals surface area contributed by atoms with E-state index in [1.54, 1.807) is 7.11 Å². The molecular formula is C15H22N2O7S. The minimum absolute atomic E-state index is 0.153. The third-order valence-corrected chi connectivity index (χ3v) is 5.79. The minimum Gasteiger partial charge on any atom is -0.475 e. The molecule has 1 aromatic rings. The van der Waals surface area contributed by atoms with E-state index >= 15 is 0 Å². The van der Waals surface area contributed by atoms with Crippen LogP contribution in [0.3, 0.4) is 0 Å². The Kier molecular flexibility index (Phi) is 6.20. The van der Waals surface area contributed by atoms with Crippen LogP contribution in [0.4, 0.5) is 0 Å². The Morgan fingerprint density at radius 2 is 2.20 bits per heavy atom. The van der Waals surface area contributed by atoms with E-state index in [0.717, 1.165) is 16.4 Å². The van der Waals surface area contributed by atoms with Gasteiger partial charge >= 0.3 is 5.97 Å². The molecule has 2 unspecified atom stereocenters. The highest BCUT2D eigenvalue weighted by Gasteiger charge is 2.41. The monoisotopic (exact) mass is 374 g/mol. The van der Waals surface area contributed by atoms with E-state index < -0.39 is 32.9 Å². The molecule has 140 valence electrons. The summed E-state index contributed by atoms with van der Waals surface area (Å²) < 4.78 is 36.3. The van der Waals surface area contributed by atoms with Crippen LogP contribution in [-0.2, 0) is 19.6 Å². The van der Waals surface area contributed by atoms with Crippen LogP contribution in [0.5, 0.6) is 0 Å². The molecule has 0 radical (unpaired) electrons. The lowest BCUT2D eigenvalue weighted by Crippen LogP contribution is -2.48. The van der Waals surface area contributed by atoms with Gasteiger partial charge in [-0.25, -0.2) is 13.2 Å². The molecule has 1 aliphatic rings. The fourth-order valence-corrected chi connectivity index (χ4v) is 4.26. The summed E-state index contributed by atoms with van der Waals surface area (Å²) >= 11 is 0.